The lowest BCUT2D eigenvalue weighted by Crippen LogP contribution is -2.37. The van der Waals surface area contributed by atoms with Crippen LogP contribution in [0.2, 0.25) is 0 Å². The van der Waals surface area contributed by atoms with Gasteiger partial charge >= 0.3 is 0 Å². The van der Waals surface area contributed by atoms with E-state index in [-0.39, 0.29) is 12.0 Å². The second kappa shape index (κ2) is 8.52. The van der Waals surface area contributed by atoms with Crippen LogP contribution in [0.25, 0.3) is 0 Å². The summed E-state index contributed by atoms with van der Waals surface area (Å²) in [6.45, 7) is 3.59. The Kier molecular flexibility index (Phi) is 6.13. The molecule has 4 nitrogen and oxygen atoms in total. The van der Waals surface area contributed by atoms with Crippen molar-refractivity contribution in [3.8, 4) is 5.75 Å². The lowest BCUT2D eigenvalue weighted by molar-refractivity contribution is 0.0669. The van der Waals surface area contributed by atoms with Crippen molar-refractivity contribution < 1.29 is 14.3 Å². The minimum Gasteiger partial charge on any atom is -0.490 e. The molecule has 1 heterocycles. The van der Waals surface area contributed by atoms with E-state index in [0.717, 1.165) is 38.2 Å². The normalized spacial score (nSPS) is 27.0. The molecule has 24 heavy (non-hydrogen) atoms. The average molecular weight is 331 g/mol. The maximum absolute atomic E-state index is 12.7. The predicted octanol–water partition coefficient (Wildman–Crippen LogP) is 3.94. The molecule has 2 aliphatic rings. The number of nitrogens with one attached hydrogen (secondary N) is 1. The first-order valence-electron chi connectivity index (χ1n) is 9.40. The number of para-hydroxylation sites is 1. The van der Waals surface area contributed by atoms with Gasteiger partial charge in [0.25, 0.3) is 5.91 Å². The molecule has 1 unspecified atom stereocenters. The van der Waals surface area contributed by atoms with Gasteiger partial charge in [-0.3, -0.25) is 4.79 Å². The average Bonchev–Trinajstić information content (AvgIpc) is 3.14. The highest BCUT2D eigenvalue weighted by Crippen LogP contribution is 2.27. The van der Waals surface area contributed by atoms with Crippen LogP contribution in [0.5, 0.6) is 5.75 Å². The van der Waals surface area contributed by atoms with E-state index in [2.05, 4.69) is 12.2 Å². The Hall–Kier alpha value is -1.55. The Balaban J connectivity index is 1.56. The zero-order valence-electron chi connectivity index (χ0n) is 14.6. The van der Waals surface area contributed by atoms with E-state index in [0.29, 0.717) is 24.0 Å². The largest absolute Gasteiger partial charge is 0.490 e. The highest BCUT2D eigenvalue weighted by Gasteiger charge is 2.23. The number of amides is 1. The van der Waals surface area contributed by atoms with Gasteiger partial charge in [-0.15, -0.1) is 0 Å². The molecule has 1 aromatic rings. The second-order valence-corrected chi connectivity index (χ2v) is 7.04. The standard InChI is InChI=1S/C20H29NO3/c1-2-15-9-11-16(12-10-15)21-20(22)18-7-3-4-8-19(18)24-14-17-6-5-13-23-17/h3-4,7-8,15-17H,2,5-6,9-14H2,1H3,(H,21,22). The van der Waals surface area contributed by atoms with E-state index in [9.17, 15) is 4.79 Å². The summed E-state index contributed by atoms with van der Waals surface area (Å²) in [7, 11) is 0. The van der Waals surface area contributed by atoms with Gasteiger partial charge in [0.1, 0.15) is 12.4 Å². The van der Waals surface area contributed by atoms with Crippen LogP contribution in [-0.4, -0.2) is 31.3 Å². The highest BCUT2D eigenvalue weighted by atomic mass is 16.5. The van der Waals surface area contributed by atoms with Gasteiger partial charge in [-0.1, -0.05) is 25.5 Å². The van der Waals surface area contributed by atoms with Crippen molar-refractivity contribution in [1.82, 2.24) is 5.32 Å². The van der Waals surface area contributed by atoms with Crippen LogP contribution >= 0.6 is 0 Å². The van der Waals surface area contributed by atoms with Gasteiger partial charge in [-0.25, -0.2) is 0 Å². The van der Waals surface area contributed by atoms with Crippen LogP contribution in [-0.2, 0) is 4.74 Å². The van der Waals surface area contributed by atoms with Crippen molar-refractivity contribution >= 4 is 5.91 Å². The number of hydrogen-bond acceptors (Lipinski definition) is 3. The van der Waals surface area contributed by atoms with Crippen molar-refractivity contribution in [3.05, 3.63) is 29.8 Å². The maximum Gasteiger partial charge on any atom is 0.255 e. The van der Waals surface area contributed by atoms with Crippen LogP contribution in [0.3, 0.4) is 0 Å². The number of benzene rings is 1. The van der Waals surface area contributed by atoms with E-state index in [1.807, 2.05) is 24.3 Å². The minimum absolute atomic E-state index is 0.0158. The Morgan fingerprint density at radius 3 is 2.71 bits per heavy atom. The smallest absolute Gasteiger partial charge is 0.255 e. The third-order valence-electron chi connectivity index (χ3n) is 5.34. The highest BCUT2D eigenvalue weighted by molar-refractivity contribution is 5.97. The van der Waals surface area contributed by atoms with E-state index in [1.165, 1.54) is 19.3 Å². The van der Waals surface area contributed by atoms with Crippen molar-refractivity contribution in [2.45, 2.75) is 64.0 Å². The molecule has 1 aliphatic carbocycles. The van der Waals surface area contributed by atoms with E-state index >= 15 is 0 Å². The molecule has 1 atom stereocenters. The number of carbonyl (C=O) groups is 1. The molecule has 0 radical (unpaired) electrons. The predicted molar refractivity (Wildman–Crippen MR) is 94.4 cm³/mol. The Labute approximate surface area is 144 Å². The summed E-state index contributed by atoms with van der Waals surface area (Å²) in [6.07, 6.45) is 8.15. The van der Waals surface area contributed by atoms with Crippen LogP contribution in [0, 0.1) is 5.92 Å². The van der Waals surface area contributed by atoms with Crippen LogP contribution in [0.15, 0.2) is 24.3 Å². The third kappa shape index (κ3) is 4.50. The van der Waals surface area contributed by atoms with Crippen molar-refractivity contribution in [1.29, 1.82) is 0 Å². The number of ether oxygens (including phenoxy) is 2. The Morgan fingerprint density at radius 1 is 1.21 bits per heavy atom. The quantitative estimate of drug-likeness (QED) is 0.859. The van der Waals surface area contributed by atoms with Gasteiger partial charge in [0, 0.05) is 12.6 Å². The van der Waals surface area contributed by atoms with Gasteiger partial charge in [0.15, 0.2) is 0 Å². The summed E-state index contributed by atoms with van der Waals surface area (Å²) in [5, 5.41) is 3.20. The number of hydrogen-bond donors (Lipinski definition) is 1. The molecule has 1 amide bonds. The Morgan fingerprint density at radius 2 is 2.00 bits per heavy atom. The summed E-state index contributed by atoms with van der Waals surface area (Å²) < 4.78 is 11.5. The molecule has 1 saturated carbocycles. The first-order valence-corrected chi connectivity index (χ1v) is 9.40. The summed E-state index contributed by atoms with van der Waals surface area (Å²) in [4.78, 5) is 12.7. The molecule has 0 aromatic heterocycles. The minimum atomic E-state index is -0.0158. The van der Waals surface area contributed by atoms with E-state index in [4.69, 9.17) is 9.47 Å². The molecule has 4 heteroatoms. The van der Waals surface area contributed by atoms with Gasteiger partial charge in [-0.05, 0) is 56.6 Å². The molecule has 2 fully saturated rings. The van der Waals surface area contributed by atoms with Gasteiger partial charge in [0.2, 0.25) is 0 Å². The first kappa shape index (κ1) is 17.3. The maximum atomic E-state index is 12.7. The van der Waals surface area contributed by atoms with Crippen LogP contribution in [0.4, 0.5) is 0 Å². The molecule has 1 saturated heterocycles. The van der Waals surface area contributed by atoms with E-state index < -0.39 is 0 Å². The lowest BCUT2D eigenvalue weighted by atomic mass is 9.84. The fraction of sp³-hybridized carbons (Fsp3) is 0.650. The van der Waals surface area contributed by atoms with Gasteiger partial charge < -0.3 is 14.8 Å². The summed E-state index contributed by atoms with van der Waals surface area (Å²) in [5.74, 6) is 1.48. The van der Waals surface area contributed by atoms with Crippen LogP contribution in [0.1, 0.15) is 62.2 Å². The molecule has 1 aromatic carbocycles. The summed E-state index contributed by atoms with van der Waals surface area (Å²) in [6, 6.07) is 7.82. The SMILES string of the molecule is CCC1CCC(NC(=O)c2ccccc2OCC2CCCO2)CC1. The van der Waals surface area contributed by atoms with Crippen molar-refractivity contribution in [3.63, 3.8) is 0 Å². The molecule has 132 valence electrons. The fourth-order valence-corrected chi connectivity index (χ4v) is 3.72. The van der Waals surface area contributed by atoms with Crippen LogP contribution < -0.4 is 10.1 Å². The Bertz CT molecular complexity index is 531. The zero-order chi connectivity index (χ0) is 16.8. The molecule has 1 aliphatic heterocycles. The molecule has 1 N–H and O–H groups in total. The number of carbonyl (C=O) groups excluding carboxylic acids is 1. The topological polar surface area (TPSA) is 47.6 Å². The summed E-state index contributed by atoms with van der Waals surface area (Å²) in [5.41, 5.74) is 0.633. The molecular weight excluding hydrogens is 302 g/mol. The monoisotopic (exact) mass is 331 g/mol. The number of rotatable bonds is 6. The molecular formula is C20H29NO3. The van der Waals surface area contributed by atoms with E-state index in [1.54, 1.807) is 0 Å². The van der Waals surface area contributed by atoms with Gasteiger partial charge in [0.05, 0.1) is 11.7 Å². The first-order chi connectivity index (χ1) is 11.8. The van der Waals surface area contributed by atoms with Crippen molar-refractivity contribution in [2.24, 2.45) is 5.92 Å². The zero-order valence-corrected chi connectivity index (χ0v) is 14.6. The third-order valence-corrected chi connectivity index (χ3v) is 5.34. The molecule has 3 rings (SSSR count). The fourth-order valence-electron chi connectivity index (χ4n) is 3.72. The second-order valence-electron chi connectivity index (χ2n) is 7.04. The van der Waals surface area contributed by atoms with Crippen molar-refractivity contribution in [2.75, 3.05) is 13.2 Å². The summed E-state index contributed by atoms with van der Waals surface area (Å²) >= 11 is 0. The molecule has 0 bridgehead atoms. The lowest BCUT2D eigenvalue weighted by Gasteiger charge is -2.28. The van der Waals surface area contributed by atoms with Gasteiger partial charge in [-0.2, -0.15) is 0 Å². The molecule has 0 spiro atoms.